The number of carboxylic acid groups (broad SMARTS) is 1. The molecule has 1 atom stereocenters. The molecule has 1 heterocycles. The smallest absolute Gasteiger partial charge is 0.407 e. The number of furan rings is 1. The van der Waals surface area contributed by atoms with Crippen LogP contribution in [0.2, 0.25) is 0 Å². The molecule has 0 radical (unpaired) electrons. The van der Waals surface area contributed by atoms with Gasteiger partial charge in [0.15, 0.2) is 0 Å². The lowest BCUT2D eigenvalue weighted by Crippen LogP contribution is -2.41. The molecule has 0 saturated heterocycles. The van der Waals surface area contributed by atoms with E-state index in [0.29, 0.717) is 28.6 Å². The number of alkyl carbamates (subject to hydrolysis) is 1. The van der Waals surface area contributed by atoms with Crippen molar-refractivity contribution in [2.45, 2.75) is 31.1 Å². The fourth-order valence-electron chi connectivity index (χ4n) is 4.34. The number of thioether (sulfide) groups is 1. The summed E-state index contributed by atoms with van der Waals surface area (Å²) < 4.78 is 15.7. The van der Waals surface area contributed by atoms with Crippen molar-refractivity contribution < 1.29 is 33.4 Å². The quantitative estimate of drug-likeness (QED) is 0.290. The predicted octanol–water partition coefficient (Wildman–Crippen LogP) is 4.99. The van der Waals surface area contributed by atoms with Crippen molar-refractivity contribution in [2.75, 3.05) is 19.5 Å². The van der Waals surface area contributed by atoms with Crippen molar-refractivity contribution in [2.24, 2.45) is 0 Å². The van der Waals surface area contributed by atoms with E-state index in [9.17, 15) is 19.5 Å². The first-order chi connectivity index (χ1) is 17.4. The van der Waals surface area contributed by atoms with Gasteiger partial charge in [-0.05, 0) is 47.4 Å². The highest BCUT2D eigenvalue weighted by Crippen LogP contribution is 2.44. The van der Waals surface area contributed by atoms with Crippen LogP contribution in [-0.2, 0) is 20.0 Å². The Bertz CT molecular complexity index is 1220. The molecule has 1 amide bonds. The van der Waals surface area contributed by atoms with Gasteiger partial charge >= 0.3 is 18.0 Å². The molecule has 188 valence electrons. The molecule has 8 nitrogen and oxygen atoms in total. The van der Waals surface area contributed by atoms with E-state index in [-0.39, 0.29) is 18.9 Å². The molecule has 0 bridgehead atoms. The number of hydrogen-bond acceptors (Lipinski definition) is 7. The predicted molar refractivity (Wildman–Crippen MR) is 135 cm³/mol. The van der Waals surface area contributed by atoms with Crippen LogP contribution in [0.25, 0.3) is 11.1 Å². The Morgan fingerprint density at radius 2 is 1.72 bits per heavy atom. The summed E-state index contributed by atoms with van der Waals surface area (Å²) in [5.41, 5.74) is 4.77. The van der Waals surface area contributed by atoms with Crippen molar-refractivity contribution in [1.29, 1.82) is 0 Å². The van der Waals surface area contributed by atoms with E-state index in [1.807, 2.05) is 48.5 Å². The maximum absolute atomic E-state index is 12.5. The summed E-state index contributed by atoms with van der Waals surface area (Å²) in [5, 5.41) is 12.0. The monoisotopic (exact) mass is 509 g/mol. The number of carbonyl (C=O) groups excluding carboxylic acids is 2. The van der Waals surface area contributed by atoms with Crippen LogP contribution in [0.3, 0.4) is 0 Å². The Hall–Kier alpha value is -3.72. The molecule has 0 spiro atoms. The molecule has 1 aliphatic rings. The first-order valence-corrected chi connectivity index (χ1v) is 12.6. The van der Waals surface area contributed by atoms with Gasteiger partial charge in [-0.1, -0.05) is 48.5 Å². The minimum Gasteiger partial charge on any atom is -0.480 e. The van der Waals surface area contributed by atoms with Crippen molar-refractivity contribution in [3.63, 3.8) is 0 Å². The molecule has 0 saturated carbocycles. The number of carbonyl (C=O) groups is 3. The Kier molecular flexibility index (Phi) is 8.00. The number of rotatable bonds is 10. The first-order valence-electron chi connectivity index (χ1n) is 11.5. The number of methoxy groups -OCH3 is 1. The molecular formula is C27H27NO7S. The van der Waals surface area contributed by atoms with Crippen LogP contribution in [0.15, 0.2) is 59.0 Å². The number of aryl methyl sites for hydroxylation is 1. The van der Waals surface area contributed by atoms with Gasteiger partial charge in [0, 0.05) is 5.92 Å². The fraction of sp³-hybridized carbons (Fsp3) is 0.296. The number of esters is 1. The second kappa shape index (κ2) is 11.3. The zero-order chi connectivity index (χ0) is 25.7. The first kappa shape index (κ1) is 25.4. The van der Waals surface area contributed by atoms with Crippen LogP contribution in [0.4, 0.5) is 4.79 Å². The molecule has 1 aromatic heterocycles. The lowest BCUT2D eigenvalue weighted by atomic mass is 9.98. The van der Waals surface area contributed by atoms with E-state index in [1.165, 1.54) is 18.9 Å². The van der Waals surface area contributed by atoms with Gasteiger partial charge in [0.2, 0.25) is 0 Å². The number of carboxylic acids is 1. The number of aliphatic carboxylic acids is 1. The minimum atomic E-state index is -1.13. The second-order valence-electron chi connectivity index (χ2n) is 8.38. The highest BCUT2D eigenvalue weighted by atomic mass is 32.2. The lowest BCUT2D eigenvalue weighted by Gasteiger charge is -2.17. The molecule has 0 aliphatic heterocycles. The summed E-state index contributed by atoms with van der Waals surface area (Å²) in [6, 6.07) is 16.5. The molecular weight excluding hydrogens is 482 g/mol. The van der Waals surface area contributed by atoms with Crippen molar-refractivity contribution in [3.8, 4) is 11.1 Å². The number of ether oxygens (including phenoxy) is 2. The summed E-state index contributed by atoms with van der Waals surface area (Å²) in [7, 11) is 1.30. The topological polar surface area (TPSA) is 115 Å². The molecule has 9 heteroatoms. The average molecular weight is 510 g/mol. The molecule has 1 aliphatic carbocycles. The Morgan fingerprint density at radius 1 is 1.08 bits per heavy atom. The Balaban J connectivity index is 1.28. The molecule has 2 N–H and O–H groups in total. The van der Waals surface area contributed by atoms with Crippen LogP contribution in [0, 0.1) is 6.92 Å². The van der Waals surface area contributed by atoms with Gasteiger partial charge in [0.05, 0.1) is 12.9 Å². The molecule has 4 rings (SSSR count). The Morgan fingerprint density at radius 3 is 2.33 bits per heavy atom. The highest BCUT2D eigenvalue weighted by molar-refractivity contribution is 7.98. The summed E-state index contributed by atoms with van der Waals surface area (Å²) >= 11 is 1.44. The SMILES string of the molecule is COC(=O)c1cc(CSCCC(NC(=O)OCC2c3ccccc3-c3ccccc32)C(=O)O)oc1C. The summed E-state index contributed by atoms with van der Waals surface area (Å²) in [4.78, 5) is 35.9. The average Bonchev–Trinajstić information content (AvgIpc) is 3.41. The molecule has 1 unspecified atom stereocenters. The van der Waals surface area contributed by atoms with E-state index in [2.05, 4.69) is 5.32 Å². The van der Waals surface area contributed by atoms with E-state index >= 15 is 0 Å². The molecule has 36 heavy (non-hydrogen) atoms. The van der Waals surface area contributed by atoms with E-state index in [0.717, 1.165) is 22.3 Å². The van der Waals surface area contributed by atoms with Crippen molar-refractivity contribution in [3.05, 3.63) is 82.8 Å². The maximum atomic E-state index is 12.5. The summed E-state index contributed by atoms with van der Waals surface area (Å²) in [6.45, 7) is 1.79. The largest absolute Gasteiger partial charge is 0.480 e. The number of fused-ring (bicyclic) bond motifs is 3. The summed E-state index contributed by atoms with van der Waals surface area (Å²) in [5.74, 6) is 0.264. The van der Waals surface area contributed by atoms with Crippen LogP contribution < -0.4 is 5.32 Å². The number of benzene rings is 2. The normalized spacial score (nSPS) is 12.9. The number of hydrogen-bond donors (Lipinski definition) is 2. The van der Waals surface area contributed by atoms with E-state index < -0.39 is 24.1 Å². The molecule has 0 fully saturated rings. The third kappa shape index (κ3) is 5.57. The van der Waals surface area contributed by atoms with Gasteiger partial charge in [-0.2, -0.15) is 11.8 Å². The second-order valence-corrected chi connectivity index (χ2v) is 9.48. The van der Waals surface area contributed by atoms with Crippen molar-refractivity contribution in [1.82, 2.24) is 5.32 Å². The van der Waals surface area contributed by atoms with Gasteiger partial charge in [-0.25, -0.2) is 14.4 Å². The van der Waals surface area contributed by atoms with Crippen LogP contribution in [0.1, 0.15) is 45.3 Å². The maximum Gasteiger partial charge on any atom is 0.407 e. The number of amides is 1. The lowest BCUT2D eigenvalue weighted by molar-refractivity contribution is -0.139. The Labute approximate surface area is 213 Å². The molecule has 2 aromatic carbocycles. The minimum absolute atomic E-state index is 0.103. The van der Waals surface area contributed by atoms with Gasteiger partial charge < -0.3 is 24.3 Å². The third-order valence-corrected chi connectivity index (χ3v) is 7.12. The van der Waals surface area contributed by atoms with Gasteiger partial charge in [0.1, 0.15) is 29.7 Å². The highest BCUT2D eigenvalue weighted by Gasteiger charge is 2.29. The molecule has 3 aromatic rings. The number of nitrogens with one attached hydrogen (secondary N) is 1. The van der Waals surface area contributed by atoms with Gasteiger partial charge in [0.25, 0.3) is 0 Å². The van der Waals surface area contributed by atoms with Crippen LogP contribution in [-0.4, -0.2) is 48.6 Å². The van der Waals surface area contributed by atoms with Gasteiger partial charge in [-0.15, -0.1) is 0 Å². The summed E-state index contributed by atoms with van der Waals surface area (Å²) in [6.07, 6.45) is -0.563. The van der Waals surface area contributed by atoms with Crippen LogP contribution >= 0.6 is 11.8 Å². The zero-order valence-corrected chi connectivity index (χ0v) is 20.8. The van der Waals surface area contributed by atoms with E-state index in [1.54, 1.807) is 13.0 Å². The van der Waals surface area contributed by atoms with Crippen molar-refractivity contribution >= 4 is 29.8 Å². The zero-order valence-electron chi connectivity index (χ0n) is 20.0. The van der Waals surface area contributed by atoms with Crippen LogP contribution in [0.5, 0.6) is 0 Å². The van der Waals surface area contributed by atoms with E-state index in [4.69, 9.17) is 13.9 Å². The third-order valence-electron chi connectivity index (χ3n) is 6.10. The standard InChI is InChI=1S/C27H27NO7S/c1-16-22(26(31)33-2)13-17(35-16)15-36-12-11-24(25(29)30)28-27(32)34-14-23-20-9-5-3-7-18(20)19-8-4-6-10-21(19)23/h3-10,13,23-24H,11-12,14-15H2,1-2H3,(H,28,32)(H,29,30). The van der Waals surface area contributed by atoms with Gasteiger partial charge in [-0.3, -0.25) is 0 Å². The fourth-order valence-corrected chi connectivity index (χ4v) is 5.23.